The van der Waals surface area contributed by atoms with Crippen LogP contribution in [0.25, 0.3) is 0 Å². The van der Waals surface area contributed by atoms with Crippen molar-refractivity contribution in [3.05, 3.63) is 29.7 Å². The molecule has 3 rings (SSSR count). The van der Waals surface area contributed by atoms with Crippen molar-refractivity contribution in [2.24, 2.45) is 0 Å². The molecule has 3 heterocycles. The molecule has 0 bridgehead atoms. The molecule has 0 unspecified atom stereocenters. The maximum absolute atomic E-state index is 9.69. The van der Waals surface area contributed by atoms with Crippen molar-refractivity contribution in [1.29, 1.82) is 0 Å². The quantitative estimate of drug-likeness (QED) is 0.710. The summed E-state index contributed by atoms with van der Waals surface area (Å²) in [5.41, 5.74) is 7.15. The van der Waals surface area contributed by atoms with Crippen molar-refractivity contribution in [3.63, 3.8) is 0 Å². The second kappa shape index (κ2) is 5.66. The fourth-order valence-electron chi connectivity index (χ4n) is 2.43. The second-order valence-corrected chi connectivity index (χ2v) is 5.04. The van der Waals surface area contributed by atoms with Crippen molar-refractivity contribution in [2.45, 2.75) is 25.6 Å². The average Bonchev–Trinajstić information content (AvgIpc) is 2.78. The molecule has 8 nitrogen and oxygen atoms in total. The average molecular weight is 290 g/mol. The molecule has 0 radical (unpaired) electrons. The van der Waals surface area contributed by atoms with Gasteiger partial charge < -0.3 is 20.8 Å². The van der Waals surface area contributed by atoms with Gasteiger partial charge in [0, 0.05) is 19.3 Å². The Kier molecular flexibility index (Phi) is 3.72. The Bertz CT molecular complexity index is 629. The van der Waals surface area contributed by atoms with Crippen LogP contribution < -0.4 is 10.6 Å². The summed E-state index contributed by atoms with van der Waals surface area (Å²) in [5, 5.41) is 23.1. The zero-order valence-corrected chi connectivity index (χ0v) is 11.6. The van der Waals surface area contributed by atoms with E-state index in [0.29, 0.717) is 24.0 Å². The lowest BCUT2D eigenvalue weighted by Gasteiger charge is -2.19. The smallest absolute Gasteiger partial charge is 0.227 e. The third-order valence-electron chi connectivity index (χ3n) is 3.49. The molecule has 2 aromatic heterocycles. The third kappa shape index (κ3) is 2.81. The Morgan fingerprint density at radius 3 is 3.00 bits per heavy atom. The summed E-state index contributed by atoms with van der Waals surface area (Å²) in [6.45, 7) is 1.82. The van der Waals surface area contributed by atoms with E-state index >= 15 is 0 Å². The number of aromatic nitrogens is 4. The van der Waals surface area contributed by atoms with Crippen molar-refractivity contribution >= 4 is 11.8 Å². The fraction of sp³-hybridized carbons (Fsp3) is 0.462. The van der Waals surface area contributed by atoms with Gasteiger partial charge in [-0.25, -0.2) is 4.98 Å². The summed E-state index contributed by atoms with van der Waals surface area (Å²) >= 11 is 0. The number of nitrogen functional groups attached to an aromatic ring is 1. The standard InChI is InChI=1S/C13H18N6O2/c14-12-2-3-15-13(16-12)18-4-1-5-19-9(7-18)6-10(17-19)11(21)8-20/h2-3,6,11,20-21H,1,4-5,7-8H2,(H2,14,15,16)/t11-/m1/s1. The lowest BCUT2D eigenvalue weighted by atomic mass is 10.2. The number of nitrogens with zero attached hydrogens (tertiary/aromatic N) is 5. The van der Waals surface area contributed by atoms with Crippen LogP contribution in [0.1, 0.15) is 23.9 Å². The van der Waals surface area contributed by atoms with Gasteiger partial charge in [-0.15, -0.1) is 0 Å². The maximum Gasteiger partial charge on any atom is 0.227 e. The third-order valence-corrected chi connectivity index (χ3v) is 3.49. The van der Waals surface area contributed by atoms with Crippen LogP contribution in [-0.4, -0.2) is 43.1 Å². The number of aryl methyl sites for hydroxylation is 1. The zero-order valence-electron chi connectivity index (χ0n) is 11.6. The van der Waals surface area contributed by atoms with Crippen LogP contribution in [0.4, 0.5) is 11.8 Å². The SMILES string of the molecule is Nc1ccnc(N2CCCn3nc([C@H](O)CO)cc3C2)n1. The number of hydrogen-bond acceptors (Lipinski definition) is 7. The molecule has 0 saturated heterocycles. The van der Waals surface area contributed by atoms with Gasteiger partial charge in [0.1, 0.15) is 11.9 Å². The van der Waals surface area contributed by atoms with E-state index < -0.39 is 6.10 Å². The van der Waals surface area contributed by atoms with Crippen molar-refractivity contribution in [2.75, 3.05) is 23.8 Å². The first-order valence-corrected chi connectivity index (χ1v) is 6.86. The van der Waals surface area contributed by atoms with Crippen LogP contribution in [0.3, 0.4) is 0 Å². The van der Waals surface area contributed by atoms with Gasteiger partial charge in [-0.1, -0.05) is 0 Å². The molecule has 21 heavy (non-hydrogen) atoms. The first-order valence-electron chi connectivity index (χ1n) is 6.86. The van der Waals surface area contributed by atoms with Gasteiger partial charge in [-0.2, -0.15) is 10.1 Å². The molecule has 0 aromatic carbocycles. The van der Waals surface area contributed by atoms with Gasteiger partial charge in [-0.05, 0) is 18.6 Å². The van der Waals surface area contributed by atoms with Crippen LogP contribution >= 0.6 is 0 Å². The monoisotopic (exact) mass is 290 g/mol. The number of aliphatic hydroxyl groups excluding tert-OH is 2. The lowest BCUT2D eigenvalue weighted by Crippen LogP contribution is -2.24. The molecule has 0 amide bonds. The summed E-state index contributed by atoms with van der Waals surface area (Å²) in [4.78, 5) is 10.5. The number of hydrogen-bond donors (Lipinski definition) is 3. The highest BCUT2D eigenvalue weighted by Gasteiger charge is 2.20. The Morgan fingerprint density at radius 1 is 1.38 bits per heavy atom. The number of fused-ring (bicyclic) bond motifs is 1. The van der Waals surface area contributed by atoms with Gasteiger partial charge in [0.05, 0.1) is 24.5 Å². The van der Waals surface area contributed by atoms with Gasteiger partial charge in [0.15, 0.2) is 0 Å². The number of rotatable bonds is 3. The van der Waals surface area contributed by atoms with Crippen LogP contribution in [0.15, 0.2) is 18.3 Å². The molecular formula is C13H18N6O2. The van der Waals surface area contributed by atoms with Gasteiger partial charge in [-0.3, -0.25) is 4.68 Å². The summed E-state index contributed by atoms with van der Waals surface area (Å²) in [6.07, 6.45) is 1.59. The predicted octanol–water partition coefficient (Wildman–Crippen LogP) is -0.309. The van der Waals surface area contributed by atoms with Crippen LogP contribution in [-0.2, 0) is 13.1 Å². The predicted molar refractivity (Wildman–Crippen MR) is 76.4 cm³/mol. The Morgan fingerprint density at radius 2 is 2.24 bits per heavy atom. The summed E-state index contributed by atoms with van der Waals surface area (Å²) in [5.74, 6) is 1.03. The molecule has 8 heteroatoms. The van der Waals surface area contributed by atoms with Crippen molar-refractivity contribution < 1.29 is 10.2 Å². The highest BCUT2D eigenvalue weighted by atomic mass is 16.3. The highest BCUT2D eigenvalue weighted by Crippen LogP contribution is 2.20. The zero-order chi connectivity index (χ0) is 14.8. The highest BCUT2D eigenvalue weighted by molar-refractivity contribution is 5.38. The van der Waals surface area contributed by atoms with Crippen LogP contribution in [0, 0.1) is 0 Å². The molecule has 0 fully saturated rings. The maximum atomic E-state index is 9.69. The number of anilines is 2. The van der Waals surface area contributed by atoms with Crippen LogP contribution in [0.2, 0.25) is 0 Å². The van der Waals surface area contributed by atoms with Crippen molar-refractivity contribution in [1.82, 2.24) is 19.7 Å². The largest absolute Gasteiger partial charge is 0.393 e. The lowest BCUT2D eigenvalue weighted by molar-refractivity contribution is 0.0916. The topological polar surface area (TPSA) is 113 Å². The van der Waals surface area contributed by atoms with E-state index in [-0.39, 0.29) is 6.61 Å². The molecule has 2 aromatic rings. The van der Waals surface area contributed by atoms with E-state index in [1.54, 1.807) is 12.3 Å². The molecule has 1 aliphatic heterocycles. The first kappa shape index (κ1) is 13.8. The van der Waals surface area contributed by atoms with Gasteiger partial charge in [0.2, 0.25) is 5.95 Å². The Hall–Kier alpha value is -2.19. The van der Waals surface area contributed by atoms with E-state index in [4.69, 9.17) is 10.8 Å². The molecular weight excluding hydrogens is 272 g/mol. The summed E-state index contributed by atoms with van der Waals surface area (Å²) in [7, 11) is 0. The number of aliphatic hydroxyl groups is 2. The second-order valence-electron chi connectivity index (χ2n) is 5.04. The molecule has 1 atom stereocenters. The van der Waals surface area contributed by atoms with E-state index in [1.165, 1.54) is 0 Å². The van der Waals surface area contributed by atoms with E-state index in [1.807, 2.05) is 15.6 Å². The normalized spacial score (nSPS) is 16.4. The molecule has 0 spiro atoms. The van der Waals surface area contributed by atoms with E-state index in [0.717, 1.165) is 25.2 Å². The molecule has 4 N–H and O–H groups in total. The minimum atomic E-state index is -0.943. The Labute approximate surface area is 121 Å². The minimum Gasteiger partial charge on any atom is -0.393 e. The van der Waals surface area contributed by atoms with E-state index in [2.05, 4.69) is 15.1 Å². The molecule has 1 aliphatic rings. The van der Waals surface area contributed by atoms with Crippen LogP contribution in [0.5, 0.6) is 0 Å². The van der Waals surface area contributed by atoms with Gasteiger partial charge in [0.25, 0.3) is 0 Å². The fourth-order valence-corrected chi connectivity index (χ4v) is 2.43. The number of nitrogens with two attached hydrogens (primary N) is 1. The van der Waals surface area contributed by atoms with Crippen molar-refractivity contribution in [3.8, 4) is 0 Å². The van der Waals surface area contributed by atoms with Gasteiger partial charge >= 0.3 is 0 Å². The molecule has 0 saturated carbocycles. The minimum absolute atomic E-state index is 0.335. The molecule has 0 aliphatic carbocycles. The Balaban J connectivity index is 1.86. The first-order chi connectivity index (χ1) is 10.2. The summed E-state index contributed by atoms with van der Waals surface area (Å²) < 4.78 is 1.86. The molecule has 112 valence electrons. The van der Waals surface area contributed by atoms with E-state index in [9.17, 15) is 5.11 Å². The summed E-state index contributed by atoms with van der Waals surface area (Å²) in [6, 6.07) is 3.47.